The molecule has 0 amide bonds. The Bertz CT molecular complexity index is 575. The largest absolute Gasteiger partial charge is 0.393 e. The van der Waals surface area contributed by atoms with Crippen molar-refractivity contribution in [3.63, 3.8) is 0 Å². The van der Waals surface area contributed by atoms with Crippen LogP contribution in [-0.2, 0) is 19.1 Å². The minimum Gasteiger partial charge on any atom is -0.393 e. The van der Waals surface area contributed by atoms with Crippen molar-refractivity contribution >= 4 is 12.4 Å². The van der Waals surface area contributed by atoms with Crippen LogP contribution in [0.4, 0.5) is 0 Å². The van der Waals surface area contributed by atoms with E-state index in [2.05, 4.69) is 10.3 Å². The Hall–Kier alpha value is -2.70. The average Bonchev–Trinajstić information content (AvgIpc) is 2.70. The molecule has 2 aromatic rings. The molecule has 6 heteroatoms. The van der Waals surface area contributed by atoms with Crippen molar-refractivity contribution in [2.45, 2.75) is 0 Å². The zero-order valence-corrected chi connectivity index (χ0v) is 14.7. The number of hydrogen-bond donors (Lipinski definition) is 0. The van der Waals surface area contributed by atoms with Crippen LogP contribution in [0.15, 0.2) is 71.0 Å². The van der Waals surface area contributed by atoms with Crippen molar-refractivity contribution in [3.05, 3.63) is 71.8 Å². The van der Waals surface area contributed by atoms with E-state index >= 15 is 0 Å². The Labute approximate surface area is 154 Å². The first kappa shape index (κ1) is 19.6. The standard InChI is InChI=1S/C20H24N2O4/c1-3-7-19(8-4-1)17-21-25-15-13-23-11-12-24-14-16-26-22-18-20-9-5-2-6-10-20/h1-10,17-18H,11-16H2/b21-17-,22-18+. The van der Waals surface area contributed by atoms with E-state index in [4.69, 9.17) is 19.1 Å². The lowest BCUT2D eigenvalue weighted by molar-refractivity contribution is -0.000139. The van der Waals surface area contributed by atoms with E-state index in [0.29, 0.717) is 39.6 Å². The average molecular weight is 356 g/mol. The Kier molecular flexibility index (Phi) is 10.2. The summed E-state index contributed by atoms with van der Waals surface area (Å²) >= 11 is 0. The summed E-state index contributed by atoms with van der Waals surface area (Å²) < 4.78 is 10.8. The van der Waals surface area contributed by atoms with Crippen LogP contribution in [0.2, 0.25) is 0 Å². The molecule has 0 aliphatic rings. The normalized spacial score (nSPS) is 11.2. The molecule has 0 aliphatic carbocycles. The number of rotatable bonds is 13. The van der Waals surface area contributed by atoms with E-state index < -0.39 is 0 Å². The molecule has 0 saturated carbocycles. The number of oxime groups is 2. The Morgan fingerprint density at radius 3 is 1.35 bits per heavy atom. The van der Waals surface area contributed by atoms with Gasteiger partial charge in [0.05, 0.1) is 38.9 Å². The number of hydrogen-bond acceptors (Lipinski definition) is 6. The molecule has 0 unspecified atom stereocenters. The predicted molar refractivity (Wildman–Crippen MR) is 102 cm³/mol. The van der Waals surface area contributed by atoms with Gasteiger partial charge in [-0.25, -0.2) is 0 Å². The number of benzene rings is 2. The molecular weight excluding hydrogens is 332 g/mol. The summed E-state index contributed by atoms with van der Waals surface area (Å²) in [6.45, 7) is 2.74. The molecule has 0 heterocycles. The highest BCUT2D eigenvalue weighted by atomic mass is 16.6. The van der Waals surface area contributed by atoms with Gasteiger partial charge in [0.2, 0.25) is 0 Å². The molecular formula is C20H24N2O4. The second-order valence-electron chi connectivity index (χ2n) is 5.18. The molecule has 0 aromatic heterocycles. The van der Waals surface area contributed by atoms with E-state index in [1.807, 2.05) is 60.7 Å². The van der Waals surface area contributed by atoms with Gasteiger partial charge in [0.15, 0.2) is 0 Å². The molecule has 0 saturated heterocycles. The highest BCUT2D eigenvalue weighted by Crippen LogP contribution is 1.95. The summed E-state index contributed by atoms with van der Waals surface area (Å²) in [5.74, 6) is 0. The van der Waals surface area contributed by atoms with Gasteiger partial charge in [-0.2, -0.15) is 0 Å². The van der Waals surface area contributed by atoms with E-state index in [9.17, 15) is 0 Å². The van der Waals surface area contributed by atoms with Gasteiger partial charge in [0.25, 0.3) is 0 Å². The van der Waals surface area contributed by atoms with Crippen molar-refractivity contribution in [1.29, 1.82) is 0 Å². The Balaban J connectivity index is 1.35. The minimum absolute atomic E-state index is 0.403. The summed E-state index contributed by atoms with van der Waals surface area (Å²) in [6, 6.07) is 19.5. The second-order valence-corrected chi connectivity index (χ2v) is 5.18. The van der Waals surface area contributed by atoms with Crippen molar-refractivity contribution in [3.8, 4) is 0 Å². The fourth-order valence-corrected chi connectivity index (χ4v) is 1.89. The van der Waals surface area contributed by atoms with Gasteiger partial charge in [0, 0.05) is 0 Å². The quantitative estimate of drug-likeness (QED) is 0.314. The molecule has 2 rings (SSSR count). The van der Waals surface area contributed by atoms with Crippen LogP contribution in [0.25, 0.3) is 0 Å². The van der Waals surface area contributed by atoms with Gasteiger partial charge >= 0.3 is 0 Å². The maximum absolute atomic E-state index is 5.38. The smallest absolute Gasteiger partial charge is 0.140 e. The Morgan fingerprint density at radius 1 is 0.538 bits per heavy atom. The zero-order chi connectivity index (χ0) is 18.1. The highest BCUT2D eigenvalue weighted by molar-refractivity contribution is 5.79. The SMILES string of the molecule is C(=N/OCCOCCOCCO/N=C/c1ccccc1)/c1ccccc1. The first-order chi connectivity index (χ1) is 12.9. The fraction of sp³-hybridized carbons (Fsp3) is 0.300. The van der Waals surface area contributed by atoms with Gasteiger partial charge in [-0.15, -0.1) is 0 Å². The topological polar surface area (TPSA) is 61.6 Å². The third-order valence-electron chi connectivity index (χ3n) is 3.16. The van der Waals surface area contributed by atoms with E-state index in [1.165, 1.54) is 0 Å². The lowest BCUT2D eigenvalue weighted by atomic mass is 10.2. The lowest BCUT2D eigenvalue weighted by Crippen LogP contribution is -2.10. The van der Waals surface area contributed by atoms with Crippen LogP contribution < -0.4 is 0 Å². The number of nitrogens with zero attached hydrogens (tertiary/aromatic N) is 2. The third kappa shape index (κ3) is 9.56. The summed E-state index contributed by atoms with van der Waals surface area (Å²) in [5, 5.41) is 7.75. The van der Waals surface area contributed by atoms with Crippen molar-refractivity contribution < 1.29 is 19.1 Å². The van der Waals surface area contributed by atoms with Crippen LogP contribution >= 0.6 is 0 Å². The summed E-state index contributed by atoms with van der Waals surface area (Å²) in [4.78, 5) is 10.2. The highest BCUT2D eigenvalue weighted by Gasteiger charge is 1.92. The second kappa shape index (κ2) is 13.6. The van der Waals surface area contributed by atoms with Crippen LogP contribution in [0.1, 0.15) is 11.1 Å². The van der Waals surface area contributed by atoms with Crippen molar-refractivity contribution in [2.24, 2.45) is 10.3 Å². The van der Waals surface area contributed by atoms with Gasteiger partial charge in [-0.1, -0.05) is 71.0 Å². The van der Waals surface area contributed by atoms with Gasteiger partial charge in [-0.3, -0.25) is 0 Å². The maximum Gasteiger partial charge on any atom is 0.140 e. The predicted octanol–water partition coefficient (Wildman–Crippen LogP) is 3.12. The van der Waals surface area contributed by atoms with E-state index in [-0.39, 0.29) is 0 Å². The molecule has 0 radical (unpaired) electrons. The molecule has 0 aliphatic heterocycles. The zero-order valence-electron chi connectivity index (χ0n) is 14.7. The molecule has 26 heavy (non-hydrogen) atoms. The first-order valence-electron chi connectivity index (χ1n) is 8.51. The lowest BCUT2D eigenvalue weighted by Gasteiger charge is -2.04. The molecule has 138 valence electrons. The summed E-state index contributed by atoms with van der Waals surface area (Å²) in [5.41, 5.74) is 1.99. The molecule has 0 N–H and O–H groups in total. The fourth-order valence-electron chi connectivity index (χ4n) is 1.89. The van der Waals surface area contributed by atoms with Crippen LogP contribution in [0.5, 0.6) is 0 Å². The third-order valence-corrected chi connectivity index (χ3v) is 3.16. The molecule has 0 fully saturated rings. The van der Waals surface area contributed by atoms with Gasteiger partial charge in [0.1, 0.15) is 13.2 Å². The minimum atomic E-state index is 0.403. The summed E-state index contributed by atoms with van der Waals surface area (Å²) in [6.07, 6.45) is 3.34. The Morgan fingerprint density at radius 2 is 0.923 bits per heavy atom. The molecule has 0 spiro atoms. The van der Waals surface area contributed by atoms with E-state index in [1.54, 1.807) is 12.4 Å². The number of ether oxygens (including phenoxy) is 2. The maximum atomic E-state index is 5.38. The van der Waals surface area contributed by atoms with E-state index in [0.717, 1.165) is 11.1 Å². The summed E-state index contributed by atoms with van der Waals surface area (Å²) in [7, 11) is 0. The first-order valence-corrected chi connectivity index (χ1v) is 8.51. The van der Waals surface area contributed by atoms with Crippen LogP contribution in [-0.4, -0.2) is 52.1 Å². The monoisotopic (exact) mass is 356 g/mol. The molecule has 2 aromatic carbocycles. The van der Waals surface area contributed by atoms with Gasteiger partial charge in [-0.05, 0) is 11.1 Å². The van der Waals surface area contributed by atoms with Crippen LogP contribution in [0, 0.1) is 0 Å². The van der Waals surface area contributed by atoms with Crippen LogP contribution in [0.3, 0.4) is 0 Å². The van der Waals surface area contributed by atoms with Gasteiger partial charge < -0.3 is 19.1 Å². The molecule has 0 atom stereocenters. The van der Waals surface area contributed by atoms with Crippen molar-refractivity contribution in [1.82, 2.24) is 0 Å². The molecule has 6 nitrogen and oxygen atoms in total. The molecule has 0 bridgehead atoms. The van der Waals surface area contributed by atoms with Crippen molar-refractivity contribution in [2.75, 3.05) is 39.6 Å².